The quantitative estimate of drug-likeness (QED) is 0.706. The van der Waals surface area contributed by atoms with E-state index in [4.69, 9.17) is 0 Å². The van der Waals surface area contributed by atoms with Crippen LogP contribution in [-0.2, 0) is 17.8 Å². The van der Waals surface area contributed by atoms with E-state index in [1.165, 1.54) is 19.3 Å². The van der Waals surface area contributed by atoms with Gasteiger partial charge in [0.1, 0.15) is 11.6 Å². The molecular formula is C23H31N5O. The minimum atomic E-state index is 0.122. The van der Waals surface area contributed by atoms with E-state index in [-0.39, 0.29) is 5.91 Å². The summed E-state index contributed by atoms with van der Waals surface area (Å²) in [7, 11) is 0. The Kier molecular flexibility index (Phi) is 6.39. The highest BCUT2D eigenvalue weighted by atomic mass is 16.2. The Morgan fingerprint density at radius 3 is 2.83 bits per heavy atom. The number of likely N-dealkylation sites (tertiary alicyclic amines) is 1. The monoisotopic (exact) mass is 393 g/mol. The van der Waals surface area contributed by atoms with Crippen molar-refractivity contribution in [3.8, 4) is 0 Å². The van der Waals surface area contributed by atoms with E-state index in [2.05, 4.69) is 26.2 Å². The van der Waals surface area contributed by atoms with Crippen molar-refractivity contribution >= 4 is 11.6 Å². The maximum atomic E-state index is 13.1. The molecule has 0 spiro atoms. The van der Waals surface area contributed by atoms with Crippen molar-refractivity contribution in [2.75, 3.05) is 31.1 Å². The van der Waals surface area contributed by atoms with Gasteiger partial charge in [-0.05, 0) is 44.4 Å². The Hall–Kier alpha value is -2.47. The molecule has 2 aliphatic heterocycles. The number of anilines is 1. The average molecular weight is 394 g/mol. The van der Waals surface area contributed by atoms with Crippen LogP contribution in [0.4, 0.5) is 5.69 Å². The zero-order valence-corrected chi connectivity index (χ0v) is 17.2. The molecular weight excluding hydrogens is 362 g/mol. The van der Waals surface area contributed by atoms with Crippen LogP contribution in [0.15, 0.2) is 43.0 Å². The lowest BCUT2D eigenvalue weighted by atomic mass is 9.97. The lowest BCUT2D eigenvalue weighted by Gasteiger charge is -2.33. The summed E-state index contributed by atoms with van der Waals surface area (Å²) in [6.45, 7) is 7.65. The summed E-state index contributed by atoms with van der Waals surface area (Å²) >= 11 is 0. The fraction of sp³-hybridized carbons (Fsp3) is 0.522. The lowest BCUT2D eigenvalue weighted by molar-refractivity contribution is -0.119. The molecule has 2 aliphatic rings. The third-order valence-corrected chi connectivity index (χ3v) is 6.05. The van der Waals surface area contributed by atoms with Crippen LogP contribution in [0.2, 0.25) is 0 Å². The van der Waals surface area contributed by atoms with Crippen LogP contribution < -0.4 is 4.90 Å². The summed E-state index contributed by atoms with van der Waals surface area (Å²) in [4.78, 5) is 17.2. The maximum Gasteiger partial charge on any atom is 0.241 e. The SMILES string of the molecule is C=CCN(C(=O)CN1CCCC(c2nnc3n2CCCCC3)C1)c1ccccc1. The van der Waals surface area contributed by atoms with Gasteiger partial charge in [0.25, 0.3) is 0 Å². The van der Waals surface area contributed by atoms with E-state index in [1.807, 2.05) is 35.2 Å². The summed E-state index contributed by atoms with van der Waals surface area (Å²) in [5, 5.41) is 9.04. The molecule has 1 unspecified atom stereocenters. The summed E-state index contributed by atoms with van der Waals surface area (Å²) in [6.07, 6.45) is 8.73. The number of carbonyl (C=O) groups is 1. The smallest absolute Gasteiger partial charge is 0.241 e. The first-order valence-corrected chi connectivity index (χ1v) is 10.9. The molecule has 0 bridgehead atoms. The van der Waals surface area contributed by atoms with Crippen molar-refractivity contribution < 1.29 is 4.79 Å². The molecule has 29 heavy (non-hydrogen) atoms. The number of aromatic nitrogens is 3. The van der Waals surface area contributed by atoms with Gasteiger partial charge in [-0.2, -0.15) is 0 Å². The Labute approximate surface area is 173 Å². The third-order valence-electron chi connectivity index (χ3n) is 6.05. The van der Waals surface area contributed by atoms with E-state index in [9.17, 15) is 4.79 Å². The first kappa shape index (κ1) is 19.8. The van der Waals surface area contributed by atoms with Crippen molar-refractivity contribution in [1.29, 1.82) is 0 Å². The summed E-state index contributed by atoms with van der Waals surface area (Å²) in [5.74, 6) is 2.76. The second-order valence-electron chi connectivity index (χ2n) is 8.14. The van der Waals surface area contributed by atoms with Crippen LogP contribution in [0, 0.1) is 0 Å². The Morgan fingerprint density at radius 1 is 1.14 bits per heavy atom. The Bertz CT molecular complexity index is 831. The molecule has 0 N–H and O–H groups in total. The van der Waals surface area contributed by atoms with Crippen LogP contribution in [0.1, 0.15) is 49.7 Å². The van der Waals surface area contributed by atoms with Gasteiger partial charge in [0.05, 0.1) is 6.54 Å². The normalized spacial score (nSPS) is 19.9. The molecule has 3 heterocycles. The van der Waals surface area contributed by atoms with Gasteiger partial charge in [0.2, 0.25) is 5.91 Å². The standard InChI is InChI=1S/C23H31N5O/c1-2-14-27(20-11-5-3-6-12-20)22(29)18-26-15-9-10-19(17-26)23-25-24-21-13-7-4-8-16-28(21)23/h2-3,5-6,11-12,19H,1,4,7-10,13-18H2. The Morgan fingerprint density at radius 2 is 2.00 bits per heavy atom. The van der Waals surface area contributed by atoms with Gasteiger partial charge in [0.15, 0.2) is 0 Å². The highest BCUT2D eigenvalue weighted by Gasteiger charge is 2.29. The molecule has 4 rings (SSSR count). The number of rotatable bonds is 6. The molecule has 1 aromatic carbocycles. The molecule has 0 aliphatic carbocycles. The van der Waals surface area contributed by atoms with Crippen molar-refractivity contribution in [2.45, 2.75) is 51.0 Å². The number of para-hydroxylation sites is 1. The van der Waals surface area contributed by atoms with E-state index in [0.29, 0.717) is 19.0 Å². The van der Waals surface area contributed by atoms with E-state index in [1.54, 1.807) is 6.08 Å². The van der Waals surface area contributed by atoms with Gasteiger partial charge >= 0.3 is 0 Å². The first-order chi connectivity index (χ1) is 14.3. The van der Waals surface area contributed by atoms with Crippen molar-refractivity contribution in [3.63, 3.8) is 0 Å². The molecule has 1 aromatic heterocycles. The van der Waals surface area contributed by atoms with Crippen molar-refractivity contribution in [2.24, 2.45) is 0 Å². The average Bonchev–Trinajstić information content (AvgIpc) is 3.01. The molecule has 1 atom stereocenters. The summed E-state index contributed by atoms with van der Waals surface area (Å²) in [6, 6.07) is 9.85. The number of piperidine rings is 1. The second-order valence-corrected chi connectivity index (χ2v) is 8.14. The zero-order chi connectivity index (χ0) is 20.1. The first-order valence-electron chi connectivity index (χ1n) is 10.9. The molecule has 6 heteroatoms. The topological polar surface area (TPSA) is 54.3 Å². The van der Waals surface area contributed by atoms with Gasteiger partial charge in [0, 0.05) is 37.7 Å². The number of hydrogen-bond donors (Lipinski definition) is 0. The molecule has 6 nitrogen and oxygen atoms in total. The maximum absolute atomic E-state index is 13.1. The zero-order valence-electron chi connectivity index (χ0n) is 17.2. The largest absolute Gasteiger partial charge is 0.315 e. The van der Waals surface area contributed by atoms with Crippen LogP contribution >= 0.6 is 0 Å². The second kappa shape index (κ2) is 9.35. The fourth-order valence-corrected chi connectivity index (χ4v) is 4.58. The van der Waals surface area contributed by atoms with Crippen molar-refractivity contribution in [3.05, 3.63) is 54.6 Å². The number of aryl methyl sites for hydroxylation is 1. The summed E-state index contributed by atoms with van der Waals surface area (Å²) in [5.41, 5.74) is 0.925. The molecule has 1 amide bonds. The van der Waals surface area contributed by atoms with Crippen molar-refractivity contribution in [1.82, 2.24) is 19.7 Å². The van der Waals surface area contributed by atoms with Crippen LogP contribution in [0.3, 0.4) is 0 Å². The minimum Gasteiger partial charge on any atom is -0.315 e. The number of fused-ring (bicyclic) bond motifs is 1. The molecule has 154 valence electrons. The molecule has 0 radical (unpaired) electrons. The van der Waals surface area contributed by atoms with E-state index in [0.717, 1.165) is 56.2 Å². The summed E-state index contributed by atoms with van der Waals surface area (Å²) < 4.78 is 2.36. The Balaban J connectivity index is 1.44. The number of nitrogens with zero attached hydrogens (tertiary/aromatic N) is 5. The molecule has 1 fully saturated rings. The highest BCUT2D eigenvalue weighted by Crippen LogP contribution is 2.28. The van der Waals surface area contributed by atoms with Gasteiger partial charge in [-0.15, -0.1) is 16.8 Å². The van der Waals surface area contributed by atoms with Gasteiger partial charge < -0.3 is 9.47 Å². The predicted molar refractivity (Wildman–Crippen MR) is 115 cm³/mol. The lowest BCUT2D eigenvalue weighted by Crippen LogP contribution is -2.44. The molecule has 2 aromatic rings. The third kappa shape index (κ3) is 4.58. The number of amides is 1. The van der Waals surface area contributed by atoms with Crippen LogP contribution in [0.25, 0.3) is 0 Å². The predicted octanol–water partition coefficient (Wildman–Crippen LogP) is 3.40. The van der Waals surface area contributed by atoms with Crippen LogP contribution in [0.5, 0.6) is 0 Å². The van der Waals surface area contributed by atoms with E-state index >= 15 is 0 Å². The van der Waals surface area contributed by atoms with Gasteiger partial charge in [-0.1, -0.05) is 30.7 Å². The molecule has 0 saturated carbocycles. The fourth-order valence-electron chi connectivity index (χ4n) is 4.58. The molecule has 1 saturated heterocycles. The minimum absolute atomic E-state index is 0.122. The highest BCUT2D eigenvalue weighted by molar-refractivity contribution is 5.95. The number of benzene rings is 1. The van der Waals surface area contributed by atoms with Gasteiger partial charge in [-0.25, -0.2) is 0 Å². The number of hydrogen-bond acceptors (Lipinski definition) is 4. The van der Waals surface area contributed by atoms with E-state index < -0.39 is 0 Å². The van der Waals surface area contributed by atoms with Crippen LogP contribution in [-0.4, -0.2) is 51.8 Å². The van der Waals surface area contributed by atoms with Gasteiger partial charge in [-0.3, -0.25) is 9.69 Å². The number of carbonyl (C=O) groups excluding carboxylic acids is 1.